The molecule has 114 valence electrons. The van der Waals surface area contributed by atoms with Crippen molar-refractivity contribution in [3.05, 3.63) is 17.9 Å². The molecular weight excluding hydrogens is 276 g/mol. The van der Waals surface area contributed by atoms with Crippen LogP contribution in [0.2, 0.25) is 0 Å². The van der Waals surface area contributed by atoms with Crippen LogP contribution in [0, 0.1) is 0 Å². The minimum absolute atomic E-state index is 0.0324. The second kappa shape index (κ2) is 5.50. The molecule has 0 spiro atoms. The van der Waals surface area contributed by atoms with Gasteiger partial charge in [0.2, 0.25) is 5.09 Å². The van der Waals surface area contributed by atoms with Gasteiger partial charge in [-0.3, -0.25) is 0 Å². The summed E-state index contributed by atoms with van der Waals surface area (Å²) in [5, 5.41) is 3.33. The van der Waals surface area contributed by atoms with Crippen LogP contribution in [-0.2, 0) is 16.6 Å². The van der Waals surface area contributed by atoms with Crippen molar-refractivity contribution in [2.75, 3.05) is 6.54 Å². The highest BCUT2D eigenvalue weighted by atomic mass is 32.2. The van der Waals surface area contributed by atoms with Gasteiger partial charge in [0.1, 0.15) is 5.76 Å². The minimum Gasteiger partial charge on any atom is -0.447 e. The monoisotopic (exact) mass is 300 g/mol. The molecular formula is C14H24N2O3S. The lowest BCUT2D eigenvalue weighted by Gasteiger charge is -2.19. The smallest absolute Gasteiger partial charge is 0.276 e. The Kier molecular flexibility index (Phi) is 4.27. The molecule has 5 nitrogen and oxygen atoms in total. The largest absolute Gasteiger partial charge is 0.447 e. The van der Waals surface area contributed by atoms with Crippen LogP contribution in [0.5, 0.6) is 0 Å². The molecule has 1 saturated carbocycles. The van der Waals surface area contributed by atoms with E-state index in [1.54, 1.807) is 12.1 Å². The molecule has 1 aliphatic carbocycles. The lowest BCUT2D eigenvalue weighted by molar-refractivity contribution is 0.345. The summed E-state index contributed by atoms with van der Waals surface area (Å²) in [5.74, 6) is 0.644. The number of nitrogens with one attached hydrogen (secondary N) is 1. The number of hydrogen-bond acceptors (Lipinski definition) is 4. The zero-order valence-electron chi connectivity index (χ0n) is 12.6. The summed E-state index contributed by atoms with van der Waals surface area (Å²) in [6.45, 7) is 9.04. The maximum Gasteiger partial charge on any atom is 0.276 e. The predicted octanol–water partition coefficient (Wildman–Crippen LogP) is 2.34. The highest BCUT2D eigenvalue weighted by Crippen LogP contribution is 2.32. The van der Waals surface area contributed by atoms with Crippen molar-refractivity contribution < 1.29 is 12.8 Å². The van der Waals surface area contributed by atoms with Gasteiger partial charge in [0.25, 0.3) is 10.0 Å². The molecule has 2 rings (SSSR count). The number of nitrogens with zero attached hydrogens (tertiary/aromatic N) is 1. The highest BCUT2D eigenvalue weighted by Gasteiger charge is 2.38. The van der Waals surface area contributed by atoms with Crippen molar-refractivity contribution in [2.45, 2.75) is 63.8 Å². The summed E-state index contributed by atoms with van der Waals surface area (Å²) >= 11 is 0. The van der Waals surface area contributed by atoms with Gasteiger partial charge in [-0.05, 0) is 45.7 Å². The van der Waals surface area contributed by atoms with Gasteiger partial charge < -0.3 is 9.73 Å². The quantitative estimate of drug-likeness (QED) is 0.876. The van der Waals surface area contributed by atoms with Gasteiger partial charge in [-0.25, -0.2) is 8.42 Å². The van der Waals surface area contributed by atoms with Gasteiger partial charge in [-0.15, -0.1) is 0 Å². The average Bonchev–Trinajstić information content (AvgIpc) is 3.03. The van der Waals surface area contributed by atoms with E-state index in [1.807, 2.05) is 6.92 Å². The summed E-state index contributed by atoms with van der Waals surface area (Å²) in [6.07, 6.45) is 1.90. The van der Waals surface area contributed by atoms with Gasteiger partial charge in [-0.2, -0.15) is 4.31 Å². The molecule has 20 heavy (non-hydrogen) atoms. The van der Waals surface area contributed by atoms with E-state index in [-0.39, 0.29) is 16.7 Å². The maximum absolute atomic E-state index is 12.5. The fourth-order valence-electron chi connectivity index (χ4n) is 2.05. The minimum atomic E-state index is -3.48. The lowest BCUT2D eigenvalue weighted by Crippen LogP contribution is -2.35. The highest BCUT2D eigenvalue weighted by molar-refractivity contribution is 7.89. The summed E-state index contributed by atoms with van der Waals surface area (Å²) in [7, 11) is -3.48. The molecule has 0 aromatic carbocycles. The standard InChI is InChI=1S/C14H24N2O3S/c1-5-16(11-6-7-11)20(17,18)13-9-8-12(19-13)10-15-14(2,3)4/h8-9,11,15H,5-7,10H2,1-4H3. The fourth-order valence-corrected chi connectivity index (χ4v) is 3.67. The van der Waals surface area contributed by atoms with Crippen LogP contribution in [0.15, 0.2) is 21.6 Å². The first kappa shape index (κ1) is 15.5. The van der Waals surface area contributed by atoms with Crippen molar-refractivity contribution in [1.82, 2.24) is 9.62 Å². The number of sulfonamides is 1. The first-order valence-corrected chi connectivity index (χ1v) is 8.53. The second-order valence-electron chi connectivity index (χ2n) is 6.26. The van der Waals surface area contributed by atoms with Crippen LogP contribution in [0.4, 0.5) is 0 Å². The molecule has 0 bridgehead atoms. The number of furan rings is 1. The molecule has 1 aromatic heterocycles. The third-order valence-corrected chi connectivity index (χ3v) is 5.16. The number of rotatable bonds is 6. The Morgan fingerprint density at radius 3 is 2.50 bits per heavy atom. The third kappa shape index (κ3) is 3.62. The van der Waals surface area contributed by atoms with Crippen LogP contribution < -0.4 is 5.32 Å². The molecule has 1 aliphatic rings. The topological polar surface area (TPSA) is 62.6 Å². The fraction of sp³-hybridized carbons (Fsp3) is 0.714. The molecule has 0 amide bonds. The first-order chi connectivity index (χ1) is 9.24. The number of hydrogen-bond donors (Lipinski definition) is 1. The Hall–Kier alpha value is -0.850. The summed E-state index contributed by atoms with van der Waals surface area (Å²) in [4.78, 5) is 0. The molecule has 0 radical (unpaired) electrons. The summed E-state index contributed by atoms with van der Waals surface area (Å²) in [5.41, 5.74) is -0.0324. The molecule has 1 fully saturated rings. The van der Waals surface area contributed by atoms with Crippen LogP contribution in [-0.4, -0.2) is 30.8 Å². The Bertz CT molecular complexity index is 553. The Balaban J connectivity index is 2.11. The maximum atomic E-state index is 12.5. The average molecular weight is 300 g/mol. The summed E-state index contributed by atoms with van der Waals surface area (Å²) < 4.78 is 32.0. The van der Waals surface area contributed by atoms with Crippen molar-refractivity contribution in [3.63, 3.8) is 0 Å². The van der Waals surface area contributed by atoms with Crippen LogP contribution in [0.3, 0.4) is 0 Å². The molecule has 6 heteroatoms. The van der Waals surface area contributed by atoms with Gasteiger partial charge in [0.15, 0.2) is 0 Å². The van der Waals surface area contributed by atoms with Crippen molar-refractivity contribution in [1.29, 1.82) is 0 Å². The zero-order valence-corrected chi connectivity index (χ0v) is 13.5. The van der Waals surface area contributed by atoms with Crippen LogP contribution in [0.25, 0.3) is 0 Å². The molecule has 0 atom stereocenters. The Morgan fingerprint density at radius 2 is 2.00 bits per heavy atom. The van der Waals surface area contributed by atoms with Crippen molar-refractivity contribution >= 4 is 10.0 Å². The Morgan fingerprint density at radius 1 is 1.35 bits per heavy atom. The van der Waals surface area contributed by atoms with Crippen molar-refractivity contribution in [3.8, 4) is 0 Å². The van der Waals surface area contributed by atoms with Crippen LogP contribution >= 0.6 is 0 Å². The third-order valence-electron chi connectivity index (χ3n) is 3.26. The van der Waals surface area contributed by atoms with E-state index in [0.29, 0.717) is 18.8 Å². The molecule has 1 N–H and O–H groups in total. The summed E-state index contributed by atoms with van der Waals surface area (Å²) in [6, 6.07) is 3.44. The van der Waals surface area contributed by atoms with E-state index >= 15 is 0 Å². The molecule has 0 aliphatic heterocycles. The van der Waals surface area contributed by atoms with Gasteiger partial charge >= 0.3 is 0 Å². The zero-order chi connectivity index (χ0) is 15.0. The van der Waals surface area contributed by atoms with Gasteiger partial charge in [0, 0.05) is 18.1 Å². The molecule has 1 heterocycles. The van der Waals surface area contributed by atoms with Gasteiger partial charge in [-0.1, -0.05) is 6.92 Å². The SMILES string of the molecule is CCN(C1CC1)S(=O)(=O)c1ccc(CNC(C)(C)C)o1. The van der Waals surface area contributed by atoms with Crippen LogP contribution in [0.1, 0.15) is 46.3 Å². The first-order valence-electron chi connectivity index (χ1n) is 7.09. The van der Waals surface area contributed by atoms with Gasteiger partial charge in [0.05, 0.1) is 6.54 Å². The van der Waals surface area contributed by atoms with E-state index < -0.39 is 10.0 Å². The normalized spacial score (nSPS) is 16.9. The second-order valence-corrected chi connectivity index (χ2v) is 8.09. The van der Waals surface area contributed by atoms with E-state index in [2.05, 4.69) is 26.1 Å². The molecule has 0 unspecified atom stereocenters. The molecule has 1 aromatic rings. The lowest BCUT2D eigenvalue weighted by atomic mass is 10.1. The molecule has 0 saturated heterocycles. The van der Waals surface area contributed by atoms with E-state index in [1.165, 1.54) is 4.31 Å². The van der Waals surface area contributed by atoms with E-state index in [9.17, 15) is 8.42 Å². The van der Waals surface area contributed by atoms with E-state index in [4.69, 9.17) is 4.42 Å². The predicted molar refractivity (Wildman–Crippen MR) is 77.9 cm³/mol. The Labute approximate surface area is 121 Å². The van der Waals surface area contributed by atoms with E-state index in [0.717, 1.165) is 12.8 Å². The van der Waals surface area contributed by atoms with Crippen molar-refractivity contribution in [2.24, 2.45) is 0 Å².